The Labute approximate surface area is 178 Å². The molecule has 3 aromatic rings. The Morgan fingerprint density at radius 3 is 2.60 bits per heavy atom. The van der Waals surface area contributed by atoms with Crippen LogP contribution in [0.3, 0.4) is 0 Å². The van der Waals surface area contributed by atoms with Gasteiger partial charge in [-0.3, -0.25) is 4.79 Å². The first-order valence-electron chi connectivity index (χ1n) is 9.91. The molecule has 0 saturated carbocycles. The van der Waals surface area contributed by atoms with E-state index in [0.29, 0.717) is 24.7 Å². The van der Waals surface area contributed by atoms with Gasteiger partial charge in [-0.1, -0.05) is 23.8 Å². The number of anilines is 1. The van der Waals surface area contributed by atoms with Crippen molar-refractivity contribution in [2.24, 2.45) is 0 Å². The summed E-state index contributed by atoms with van der Waals surface area (Å²) < 4.78 is 12.0. The molecule has 7 nitrogen and oxygen atoms in total. The number of carbonyl (C=O) groups is 1. The van der Waals surface area contributed by atoms with Crippen LogP contribution in [-0.4, -0.2) is 53.4 Å². The minimum Gasteiger partial charge on any atom is -0.371 e. The number of fused-ring (bicyclic) bond motifs is 1. The van der Waals surface area contributed by atoms with E-state index in [2.05, 4.69) is 20.6 Å². The van der Waals surface area contributed by atoms with Crippen LogP contribution in [-0.2, 0) is 9.47 Å². The van der Waals surface area contributed by atoms with Crippen molar-refractivity contribution < 1.29 is 14.3 Å². The molecule has 0 spiro atoms. The van der Waals surface area contributed by atoms with Crippen molar-refractivity contribution in [3.05, 3.63) is 65.2 Å². The number of hydrogen-bond acceptors (Lipinski definition) is 7. The second-order valence-corrected chi connectivity index (χ2v) is 8.48. The number of thiophene rings is 1. The zero-order valence-corrected chi connectivity index (χ0v) is 17.3. The van der Waals surface area contributed by atoms with Crippen LogP contribution in [0.1, 0.15) is 15.9 Å². The summed E-state index contributed by atoms with van der Waals surface area (Å²) in [5.41, 5.74) is 2.64. The minimum absolute atomic E-state index is 0.0742. The lowest BCUT2D eigenvalue weighted by molar-refractivity contribution is 0.0652. The fourth-order valence-corrected chi connectivity index (χ4v) is 4.55. The second kappa shape index (κ2) is 8.14. The summed E-state index contributed by atoms with van der Waals surface area (Å²) in [6.45, 7) is 2.89. The summed E-state index contributed by atoms with van der Waals surface area (Å²) in [5, 5.41) is 8.42. The van der Waals surface area contributed by atoms with Gasteiger partial charge in [-0.25, -0.2) is 9.97 Å². The van der Waals surface area contributed by atoms with E-state index in [1.807, 2.05) is 54.8 Å². The molecular weight excluding hydrogens is 400 g/mol. The molecule has 2 aromatic heterocycles. The van der Waals surface area contributed by atoms with Crippen LogP contribution < -0.4 is 10.6 Å². The van der Waals surface area contributed by atoms with Gasteiger partial charge in [0, 0.05) is 11.8 Å². The molecule has 2 saturated heterocycles. The number of hydrogen-bond donors (Lipinski definition) is 2. The average molecular weight is 423 g/mol. The van der Waals surface area contributed by atoms with Gasteiger partial charge in [0.1, 0.15) is 12.2 Å². The van der Waals surface area contributed by atoms with Gasteiger partial charge < -0.3 is 20.1 Å². The molecule has 154 valence electrons. The largest absolute Gasteiger partial charge is 0.371 e. The lowest BCUT2D eigenvalue weighted by Crippen LogP contribution is -2.44. The van der Waals surface area contributed by atoms with E-state index in [1.165, 1.54) is 0 Å². The first kappa shape index (κ1) is 19.2. The zero-order valence-electron chi connectivity index (χ0n) is 16.4. The van der Waals surface area contributed by atoms with E-state index in [1.54, 1.807) is 17.5 Å². The number of aromatic nitrogens is 2. The minimum atomic E-state index is -0.197. The first-order chi connectivity index (χ1) is 14.7. The summed E-state index contributed by atoms with van der Waals surface area (Å²) in [6, 6.07) is 13.2. The molecular formula is C22H22N4O3S. The fourth-order valence-electron chi connectivity index (χ4n) is 3.86. The lowest BCUT2D eigenvalue weighted by Gasteiger charge is -2.18. The molecule has 1 amide bonds. The van der Waals surface area contributed by atoms with Crippen LogP contribution in [0.25, 0.3) is 10.6 Å². The van der Waals surface area contributed by atoms with Gasteiger partial charge in [0.2, 0.25) is 5.95 Å². The molecule has 30 heavy (non-hydrogen) atoms. The van der Waals surface area contributed by atoms with E-state index in [-0.39, 0.29) is 30.2 Å². The molecule has 8 heteroatoms. The van der Waals surface area contributed by atoms with Crippen LogP contribution in [0.5, 0.6) is 0 Å². The molecule has 0 unspecified atom stereocenters. The third-order valence-electron chi connectivity index (χ3n) is 5.43. The van der Waals surface area contributed by atoms with Crippen molar-refractivity contribution >= 4 is 23.2 Å². The number of nitrogens with one attached hydrogen (secondary N) is 2. The number of rotatable bonds is 5. The number of benzene rings is 1. The Morgan fingerprint density at radius 2 is 1.83 bits per heavy atom. The number of amides is 1. The summed E-state index contributed by atoms with van der Waals surface area (Å²) in [7, 11) is 0. The van der Waals surface area contributed by atoms with Gasteiger partial charge in [0.05, 0.1) is 35.9 Å². The molecule has 2 fully saturated rings. The highest BCUT2D eigenvalue weighted by Gasteiger charge is 2.48. The van der Waals surface area contributed by atoms with Crippen molar-refractivity contribution in [1.82, 2.24) is 15.3 Å². The molecule has 4 atom stereocenters. The number of aryl methyl sites for hydroxylation is 1. The lowest BCUT2D eigenvalue weighted by atomic mass is 10.1. The van der Waals surface area contributed by atoms with E-state index in [4.69, 9.17) is 9.47 Å². The van der Waals surface area contributed by atoms with Crippen LogP contribution in [0.4, 0.5) is 5.95 Å². The van der Waals surface area contributed by atoms with Crippen molar-refractivity contribution in [2.75, 3.05) is 18.5 Å². The molecule has 2 aliphatic heterocycles. The first-order valence-corrected chi connectivity index (χ1v) is 10.8. The van der Waals surface area contributed by atoms with Crippen LogP contribution in [0.2, 0.25) is 0 Å². The molecule has 4 heterocycles. The van der Waals surface area contributed by atoms with Gasteiger partial charge in [0.25, 0.3) is 5.91 Å². The smallest absolute Gasteiger partial charge is 0.251 e. The van der Waals surface area contributed by atoms with E-state index >= 15 is 0 Å². The molecule has 0 bridgehead atoms. The van der Waals surface area contributed by atoms with E-state index < -0.39 is 0 Å². The highest BCUT2D eigenvalue weighted by molar-refractivity contribution is 7.13. The van der Waals surface area contributed by atoms with E-state index in [0.717, 1.165) is 16.1 Å². The molecule has 2 N–H and O–H groups in total. The third kappa shape index (κ3) is 3.81. The molecule has 2 aliphatic rings. The highest BCUT2D eigenvalue weighted by Crippen LogP contribution is 2.29. The predicted octanol–water partition coefficient (Wildman–Crippen LogP) is 2.89. The van der Waals surface area contributed by atoms with Gasteiger partial charge in [-0.05, 0) is 36.6 Å². The molecule has 0 radical (unpaired) electrons. The average Bonchev–Trinajstić information content (AvgIpc) is 3.49. The summed E-state index contributed by atoms with van der Waals surface area (Å²) >= 11 is 1.64. The Bertz CT molecular complexity index is 1030. The highest BCUT2D eigenvalue weighted by atomic mass is 32.1. The Hall–Kier alpha value is -2.81. The zero-order chi connectivity index (χ0) is 20.5. The van der Waals surface area contributed by atoms with Crippen LogP contribution >= 0.6 is 11.3 Å². The molecule has 1 aromatic carbocycles. The predicted molar refractivity (Wildman–Crippen MR) is 115 cm³/mol. The van der Waals surface area contributed by atoms with Crippen molar-refractivity contribution in [3.63, 3.8) is 0 Å². The molecule has 5 rings (SSSR count). The second-order valence-electron chi connectivity index (χ2n) is 7.54. The SMILES string of the molecule is Cc1ccc(C(=O)N[C@@H]2CO[C@@H]3[C@@H]2OC[C@@H]3Nc2nccc(-c3cccs3)n2)cc1. The summed E-state index contributed by atoms with van der Waals surface area (Å²) in [5.74, 6) is 0.433. The third-order valence-corrected chi connectivity index (χ3v) is 6.32. The fraction of sp³-hybridized carbons (Fsp3) is 0.318. The number of carbonyl (C=O) groups excluding carboxylic acids is 1. The number of ether oxygens (including phenoxy) is 2. The maximum Gasteiger partial charge on any atom is 0.251 e. The quantitative estimate of drug-likeness (QED) is 0.658. The Kier molecular flexibility index (Phi) is 5.20. The van der Waals surface area contributed by atoms with Gasteiger partial charge in [0.15, 0.2) is 0 Å². The van der Waals surface area contributed by atoms with Crippen LogP contribution in [0.15, 0.2) is 54.0 Å². The van der Waals surface area contributed by atoms with Crippen LogP contribution in [0, 0.1) is 6.92 Å². The van der Waals surface area contributed by atoms with Crippen molar-refractivity contribution in [2.45, 2.75) is 31.2 Å². The number of nitrogens with zero attached hydrogens (tertiary/aromatic N) is 2. The van der Waals surface area contributed by atoms with Gasteiger partial charge in [-0.15, -0.1) is 11.3 Å². The van der Waals surface area contributed by atoms with Gasteiger partial charge >= 0.3 is 0 Å². The maximum atomic E-state index is 12.6. The van der Waals surface area contributed by atoms with E-state index in [9.17, 15) is 4.79 Å². The maximum absolute atomic E-state index is 12.6. The van der Waals surface area contributed by atoms with Crippen molar-refractivity contribution in [1.29, 1.82) is 0 Å². The topological polar surface area (TPSA) is 85.4 Å². The summed E-state index contributed by atoms with van der Waals surface area (Å²) in [6.07, 6.45) is 1.39. The monoisotopic (exact) mass is 422 g/mol. The Balaban J connectivity index is 1.23. The Morgan fingerprint density at radius 1 is 1.07 bits per heavy atom. The molecule has 0 aliphatic carbocycles. The van der Waals surface area contributed by atoms with Gasteiger partial charge in [-0.2, -0.15) is 0 Å². The summed E-state index contributed by atoms with van der Waals surface area (Å²) in [4.78, 5) is 22.6. The van der Waals surface area contributed by atoms with Crippen molar-refractivity contribution in [3.8, 4) is 10.6 Å². The normalized spacial score (nSPS) is 25.1. The standard InChI is InChI=1S/C22H22N4O3S/c1-13-4-6-14(7-5-13)21(27)24-16-11-28-20-17(12-29-19(16)20)26-22-23-9-8-15(25-22)18-3-2-10-30-18/h2-10,16-17,19-20H,11-12H2,1H3,(H,24,27)(H,23,25,26)/t16-,17+,19-,20+/m1/s1.